The third kappa shape index (κ3) is 10.9. The number of unbranched alkanes of at least 4 members (excludes halogenated alkanes) is 9. The first kappa shape index (κ1) is 28.5. The molecule has 0 aromatic heterocycles. The Bertz CT molecular complexity index is 606. The summed E-state index contributed by atoms with van der Waals surface area (Å²) in [6.45, 7) is 11.4. The van der Waals surface area contributed by atoms with Crippen LogP contribution in [-0.4, -0.2) is 17.7 Å². The Morgan fingerprint density at radius 3 is 1.75 bits per heavy atom. The van der Waals surface area contributed by atoms with Gasteiger partial charge in [-0.2, -0.15) is 0 Å². The number of benzene rings is 1. The van der Waals surface area contributed by atoms with Crippen molar-refractivity contribution in [2.24, 2.45) is 0 Å². The average Bonchev–Trinajstić information content (AvgIpc) is 2.80. The molecule has 0 aliphatic carbocycles. The van der Waals surface area contributed by atoms with Gasteiger partial charge in [0.25, 0.3) is 0 Å². The number of hydrogen-bond acceptors (Lipinski definition) is 3. The van der Waals surface area contributed by atoms with Crippen LogP contribution in [-0.2, 0) is 16.0 Å². The van der Waals surface area contributed by atoms with Crippen LogP contribution in [0.15, 0.2) is 12.1 Å². The highest BCUT2D eigenvalue weighted by Crippen LogP contribution is 2.37. The molecule has 0 saturated carbocycles. The maximum atomic E-state index is 12.2. The van der Waals surface area contributed by atoms with Gasteiger partial charge in [-0.05, 0) is 54.2 Å². The van der Waals surface area contributed by atoms with Crippen molar-refractivity contribution >= 4 is 5.97 Å². The number of ether oxygens (including phenoxy) is 1. The largest absolute Gasteiger partial charge is 0.507 e. The maximum absolute atomic E-state index is 12.2. The molecule has 184 valence electrons. The van der Waals surface area contributed by atoms with Crippen molar-refractivity contribution < 1.29 is 14.6 Å². The van der Waals surface area contributed by atoms with Crippen LogP contribution >= 0.6 is 0 Å². The molecule has 32 heavy (non-hydrogen) atoms. The van der Waals surface area contributed by atoms with Crippen molar-refractivity contribution in [1.82, 2.24) is 0 Å². The van der Waals surface area contributed by atoms with Gasteiger partial charge in [0.2, 0.25) is 0 Å². The van der Waals surface area contributed by atoms with Crippen molar-refractivity contribution in [3.05, 3.63) is 28.8 Å². The van der Waals surface area contributed by atoms with Gasteiger partial charge in [-0.1, -0.05) is 105 Å². The molecule has 1 rings (SSSR count). The number of carbonyl (C=O) groups is 1. The van der Waals surface area contributed by atoms with E-state index in [1.165, 1.54) is 51.4 Å². The van der Waals surface area contributed by atoms with E-state index >= 15 is 0 Å². The highest BCUT2D eigenvalue weighted by molar-refractivity contribution is 5.69. The maximum Gasteiger partial charge on any atom is 0.306 e. The molecule has 0 heterocycles. The molecular weight excluding hydrogens is 396 g/mol. The molecule has 1 aromatic carbocycles. The predicted octanol–water partition coefficient (Wildman–Crippen LogP) is 8.82. The van der Waals surface area contributed by atoms with Gasteiger partial charge in [-0.25, -0.2) is 0 Å². The molecule has 0 aliphatic rings. The molecule has 0 fully saturated rings. The number of rotatable bonds is 18. The highest BCUT2D eigenvalue weighted by atomic mass is 16.5. The van der Waals surface area contributed by atoms with E-state index in [-0.39, 0.29) is 5.97 Å². The zero-order valence-corrected chi connectivity index (χ0v) is 21.7. The van der Waals surface area contributed by atoms with Crippen molar-refractivity contribution in [1.29, 1.82) is 0 Å². The molecule has 0 bridgehead atoms. The number of aromatic hydroxyl groups is 1. The average molecular weight is 447 g/mol. The first-order chi connectivity index (χ1) is 15.4. The zero-order chi connectivity index (χ0) is 23.8. The van der Waals surface area contributed by atoms with Crippen molar-refractivity contribution in [3.63, 3.8) is 0 Å². The number of aryl methyl sites for hydroxylation is 1. The van der Waals surface area contributed by atoms with Crippen LogP contribution in [0.4, 0.5) is 0 Å². The second-order valence-corrected chi connectivity index (χ2v) is 9.64. The van der Waals surface area contributed by atoms with Gasteiger partial charge in [0.15, 0.2) is 0 Å². The van der Waals surface area contributed by atoms with Crippen LogP contribution in [0.5, 0.6) is 5.75 Å². The molecule has 2 unspecified atom stereocenters. The lowest BCUT2D eigenvalue weighted by Crippen LogP contribution is -2.08. The quantitative estimate of drug-likeness (QED) is 0.181. The summed E-state index contributed by atoms with van der Waals surface area (Å²) in [6.07, 6.45) is 15.9. The molecule has 3 heteroatoms. The summed E-state index contributed by atoms with van der Waals surface area (Å²) in [4.78, 5) is 12.2. The smallest absolute Gasteiger partial charge is 0.306 e. The SMILES string of the molecule is CCCCCCCCCCCCOC(=O)CCc1cc(C(C)CC)c(O)c(C(C)CC)c1. The Labute approximate surface area is 198 Å². The Balaban J connectivity index is 2.35. The predicted molar refractivity (Wildman–Crippen MR) is 137 cm³/mol. The first-order valence-electron chi connectivity index (χ1n) is 13.5. The van der Waals surface area contributed by atoms with Crippen LogP contribution in [0, 0.1) is 0 Å². The number of phenolic OH excluding ortho intramolecular Hbond substituents is 1. The molecule has 0 amide bonds. The minimum absolute atomic E-state index is 0.107. The van der Waals surface area contributed by atoms with Crippen molar-refractivity contribution in [3.8, 4) is 5.75 Å². The second-order valence-electron chi connectivity index (χ2n) is 9.64. The summed E-state index contributed by atoms with van der Waals surface area (Å²) in [7, 11) is 0. The molecule has 0 radical (unpaired) electrons. The van der Waals surface area contributed by atoms with E-state index in [9.17, 15) is 9.90 Å². The zero-order valence-electron chi connectivity index (χ0n) is 21.7. The van der Waals surface area contributed by atoms with E-state index in [1.807, 2.05) is 0 Å². The number of hydrogen-bond donors (Lipinski definition) is 1. The van der Waals surface area contributed by atoms with Crippen LogP contribution in [0.3, 0.4) is 0 Å². The summed E-state index contributed by atoms with van der Waals surface area (Å²) in [5.74, 6) is 0.951. The van der Waals surface area contributed by atoms with Crippen molar-refractivity contribution in [2.45, 2.75) is 136 Å². The van der Waals surface area contributed by atoms with Gasteiger partial charge < -0.3 is 9.84 Å². The third-order valence-electron chi connectivity index (χ3n) is 6.89. The summed E-state index contributed by atoms with van der Waals surface area (Å²) >= 11 is 0. The van der Waals surface area contributed by atoms with Gasteiger partial charge in [-0.15, -0.1) is 0 Å². The van der Waals surface area contributed by atoms with E-state index in [2.05, 4.69) is 46.8 Å². The van der Waals surface area contributed by atoms with Crippen molar-refractivity contribution in [2.75, 3.05) is 6.61 Å². The van der Waals surface area contributed by atoms with Crippen LogP contribution < -0.4 is 0 Å². The van der Waals surface area contributed by atoms with E-state index < -0.39 is 0 Å². The number of carbonyl (C=O) groups excluding carboxylic acids is 1. The van der Waals surface area contributed by atoms with E-state index in [0.29, 0.717) is 37.0 Å². The molecule has 1 N–H and O–H groups in total. The lowest BCUT2D eigenvalue weighted by molar-refractivity contribution is -0.143. The molecule has 1 aromatic rings. The van der Waals surface area contributed by atoms with E-state index in [0.717, 1.165) is 42.4 Å². The third-order valence-corrected chi connectivity index (χ3v) is 6.89. The monoisotopic (exact) mass is 446 g/mol. The fraction of sp³-hybridized carbons (Fsp3) is 0.759. The minimum atomic E-state index is -0.107. The molecule has 0 aliphatic heterocycles. The summed E-state index contributed by atoms with van der Waals surface area (Å²) in [6, 6.07) is 4.18. The standard InChI is InChI=1S/C29H50O3/c1-6-9-10-11-12-13-14-15-16-17-20-32-28(30)19-18-25-21-26(23(4)7-2)29(31)27(22-25)24(5)8-3/h21-24,31H,6-20H2,1-5H3. The van der Waals surface area contributed by atoms with Gasteiger partial charge in [-0.3, -0.25) is 4.79 Å². The summed E-state index contributed by atoms with van der Waals surface area (Å²) in [5.41, 5.74) is 3.15. The van der Waals surface area contributed by atoms with E-state index in [1.54, 1.807) is 0 Å². The lowest BCUT2D eigenvalue weighted by atomic mass is 9.87. The van der Waals surface area contributed by atoms with Gasteiger partial charge in [0.1, 0.15) is 5.75 Å². The van der Waals surface area contributed by atoms with Gasteiger partial charge in [0.05, 0.1) is 6.61 Å². The van der Waals surface area contributed by atoms with Gasteiger partial charge >= 0.3 is 5.97 Å². The number of phenols is 1. The second kappa shape index (κ2) is 17.0. The Kier molecular flexibility index (Phi) is 15.2. The minimum Gasteiger partial charge on any atom is -0.507 e. The van der Waals surface area contributed by atoms with Crippen LogP contribution in [0.25, 0.3) is 0 Å². The first-order valence-corrected chi connectivity index (χ1v) is 13.5. The molecule has 3 nitrogen and oxygen atoms in total. The molecule has 0 spiro atoms. The summed E-state index contributed by atoms with van der Waals surface area (Å²) < 4.78 is 5.47. The topological polar surface area (TPSA) is 46.5 Å². The van der Waals surface area contributed by atoms with Gasteiger partial charge in [0, 0.05) is 6.42 Å². The summed E-state index contributed by atoms with van der Waals surface area (Å²) in [5, 5.41) is 10.8. The molecule has 0 saturated heterocycles. The van der Waals surface area contributed by atoms with Crippen LogP contribution in [0.2, 0.25) is 0 Å². The molecule has 2 atom stereocenters. The Morgan fingerprint density at radius 1 is 0.812 bits per heavy atom. The number of esters is 1. The lowest BCUT2D eigenvalue weighted by Gasteiger charge is -2.20. The highest BCUT2D eigenvalue weighted by Gasteiger charge is 2.18. The normalized spacial score (nSPS) is 13.2. The van der Waals surface area contributed by atoms with E-state index in [4.69, 9.17) is 4.74 Å². The van der Waals surface area contributed by atoms with Crippen LogP contribution in [0.1, 0.15) is 147 Å². The Hall–Kier alpha value is -1.51. The Morgan fingerprint density at radius 2 is 1.28 bits per heavy atom. The molecular formula is C29H50O3. The fourth-order valence-electron chi connectivity index (χ4n) is 4.17. The fourth-order valence-corrected chi connectivity index (χ4v) is 4.17.